The molecular formula is C22H29N3O4. The molecule has 29 heavy (non-hydrogen) atoms. The molecule has 0 spiro atoms. The van der Waals surface area contributed by atoms with Crippen LogP contribution in [0.4, 0.5) is 17.1 Å². The van der Waals surface area contributed by atoms with Crippen LogP contribution in [0.15, 0.2) is 18.2 Å². The van der Waals surface area contributed by atoms with Gasteiger partial charge in [-0.1, -0.05) is 13.8 Å². The van der Waals surface area contributed by atoms with Gasteiger partial charge in [0.1, 0.15) is 5.69 Å². The molecule has 0 bridgehead atoms. The van der Waals surface area contributed by atoms with E-state index in [-0.39, 0.29) is 29.3 Å². The highest BCUT2D eigenvalue weighted by atomic mass is 16.6. The van der Waals surface area contributed by atoms with Crippen LogP contribution in [-0.4, -0.2) is 29.8 Å². The zero-order valence-electron chi connectivity index (χ0n) is 17.2. The Morgan fingerprint density at radius 1 is 1.14 bits per heavy atom. The number of carbonyl (C=O) groups excluding carboxylic acids is 2. The molecule has 3 aliphatic rings. The van der Waals surface area contributed by atoms with Gasteiger partial charge in [-0.15, -0.1) is 0 Å². The van der Waals surface area contributed by atoms with Crippen molar-refractivity contribution in [2.45, 2.75) is 52.4 Å². The first-order chi connectivity index (χ1) is 13.9. The van der Waals surface area contributed by atoms with Gasteiger partial charge in [0.15, 0.2) is 0 Å². The van der Waals surface area contributed by atoms with Gasteiger partial charge in [-0.05, 0) is 62.5 Å². The van der Waals surface area contributed by atoms with Crippen LogP contribution in [0.5, 0.6) is 0 Å². The molecule has 3 atom stereocenters. The highest BCUT2D eigenvalue weighted by Gasteiger charge is 2.50. The molecule has 0 unspecified atom stereocenters. The van der Waals surface area contributed by atoms with Gasteiger partial charge in [0, 0.05) is 19.2 Å². The van der Waals surface area contributed by atoms with Crippen LogP contribution in [0, 0.1) is 33.8 Å². The SMILES string of the molecule is CCCN(CC1CC1)c1ccc(N2C(=O)[C@H]3C[C@@H](C)CC[C@H]3C2=O)cc1[N+](=O)[O-]. The lowest BCUT2D eigenvalue weighted by atomic mass is 9.76. The van der Waals surface area contributed by atoms with Crippen LogP contribution in [0.25, 0.3) is 0 Å². The molecule has 1 aromatic rings. The predicted octanol–water partition coefficient (Wildman–Crippen LogP) is 4.15. The van der Waals surface area contributed by atoms with Crippen molar-refractivity contribution in [3.8, 4) is 0 Å². The van der Waals surface area contributed by atoms with Crippen molar-refractivity contribution < 1.29 is 14.5 Å². The Balaban J connectivity index is 1.66. The van der Waals surface area contributed by atoms with Crippen molar-refractivity contribution in [1.29, 1.82) is 0 Å². The van der Waals surface area contributed by atoms with E-state index in [0.717, 1.165) is 38.8 Å². The van der Waals surface area contributed by atoms with E-state index >= 15 is 0 Å². The zero-order valence-corrected chi connectivity index (χ0v) is 17.2. The Bertz CT molecular complexity index is 835. The maximum Gasteiger partial charge on any atom is 0.294 e. The molecule has 1 aromatic carbocycles. The van der Waals surface area contributed by atoms with Gasteiger partial charge in [-0.25, -0.2) is 4.90 Å². The molecular weight excluding hydrogens is 370 g/mol. The van der Waals surface area contributed by atoms with Gasteiger partial charge in [-0.3, -0.25) is 19.7 Å². The van der Waals surface area contributed by atoms with Gasteiger partial charge in [0.25, 0.3) is 5.69 Å². The third-order valence-corrected chi connectivity index (χ3v) is 6.61. The molecule has 0 radical (unpaired) electrons. The molecule has 2 amide bonds. The summed E-state index contributed by atoms with van der Waals surface area (Å²) in [6, 6.07) is 4.84. The number of nitro groups is 1. The summed E-state index contributed by atoms with van der Waals surface area (Å²) in [6.45, 7) is 5.74. The lowest BCUT2D eigenvalue weighted by Crippen LogP contribution is -2.31. The second-order valence-corrected chi connectivity index (χ2v) is 8.96. The van der Waals surface area contributed by atoms with E-state index in [1.54, 1.807) is 12.1 Å². The summed E-state index contributed by atoms with van der Waals surface area (Å²) in [6.07, 6.45) is 5.63. The van der Waals surface area contributed by atoms with Crippen molar-refractivity contribution in [2.75, 3.05) is 22.9 Å². The van der Waals surface area contributed by atoms with Crippen LogP contribution >= 0.6 is 0 Å². The third kappa shape index (κ3) is 3.74. The highest BCUT2D eigenvalue weighted by molar-refractivity contribution is 6.22. The molecule has 1 heterocycles. The van der Waals surface area contributed by atoms with Crippen LogP contribution < -0.4 is 9.80 Å². The number of carbonyl (C=O) groups is 2. The van der Waals surface area contributed by atoms with E-state index < -0.39 is 4.92 Å². The largest absolute Gasteiger partial charge is 0.366 e. The maximum atomic E-state index is 13.0. The molecule has 0 aromatic heterocycles. The van der Waals surface area contributed by atoms with E-state index in [4.69, 9.17) is 0 Å². The van der Waals surface area contributed by atoms with Crippen LogP contribution in [0.3, 0.4) is 0 Å². The Hall–Kier alpha value is -2.44. The van der Waals surface area contributed by atoms with Crippen molar-refractivity contribution in [1.82, 2.24) is 0 Å². The van der Waals surface area contributed by atoms with Crippen LogP contribution in [-0.2, 0) is 9.59 Å². The normalized spacial score (nSPS) is 26.6. The summed E-state index contributed by atoms with van der Waals surface area (Å²) >= 11 is 0. The number of fused-ring (bicyclic) bond motifs is 1. The van der Waals surface area contributed by atoms with Crippen molar-refractivity contribution >= 4 is 28.9 Å². The minimum atomic E-state index is -0.394. The fourth-order valence-corrected chi connectivity index (χ4v) is 4.90. The quantitative estimate of drug-likeness (QED) is 0.391. The molecule has 7 nitrogen and oxygen atoms in total. The summed E-state index contributed by atoms with van der Waals surface area (Å²) in [5.41, 5.74) is 0.887. The molecule has 3 fully saturated rings. The molecule has 1 saturated heterocycles. The monoisotopic (exact) mass is 399 g/mol. The number of hydrogen-bond acceptors (Lipinski definition) is 5. The zero-order chi connectivity index (χ0) is 20.7. The number of nitrogens with zero attached hydrogens (tertiary/aromatic N) is 3. The van der Waals surface area contributed by atoms with Crippen molar-refractivity contribution in [2.24, 2.45) is 23.7 Å². The summed E-state index contributed by atoms with van der Waals surface area (Å²) in [7, 11) is 0. The summed E-state index contributed by atoms with van der Waals surface area (Å²) in [5.74, 6) is 0.0806. The first kappa shape index (κ1) is 19.9. The van der Waals surface area contributed by atoms with E-state index in [2.05, 4.69) is 18.7 Å². The van der Waals surface area contributed by atoms with Crippen LogP contribution in [0.2, 0.25) is 0 Å². The van der Waals surface area contributed by atoms with Crippen molar-refractivity contribution in [3.63, 3.8) is 0 Å². The molecule has 4 rings (SSSR count). The smallest absolute Gasteiger partial charge is 0.294 e. The number of amides is 2. The molecule has 1 aliphatic heterocycles. The number of imide groups is 1. The Morgan fingerprint density at radius 3 is 2.52 bits per heavy atom. The molecule has 7 heteroatoms. The lowest BCUT2D eigenvalue weighted by molar-refractivity contribution is -0.384. The Kier molecular flexibility index (Phi) is 5.32. The average Bonchev–Trinajstić information content (AvgIpc) is 3.47. The summed E-state index contributed by atoms with van der Waals surface area (Å²) in [4.78, 5) is 40.6. The highest BCUT2D eigenvalue weighted by Crippen LogP contribution is 2.44. The van der Waals surface area contributed by atoms with Gasteiger partial charge >= 0.3 is 0 Å². The van der Waals surface area contributed by atoms with Gasteiger partial charge in [0.05, 0.1) is 22.4 Å². The van der Waals surface area contributed by atoms with Gasteiger partial charge in [0.2, 0.25) is 11.8 Å². The van der Waals surface area contributed by atoms with Gasteiger partial charge in [-0.2, -0.15) is 0 Å². The maximum absolute atomic E-state index is 13.0. The third-order valence-electron chi connectivity index (χ3n) is 6.61. The Labute approximate surface area is 171 Å². The van der Waals surface area contributed by atoms with Gasteiger partial charge < -0.3 is 4.90 Å². The summed E-state index contributed by atoms with van der Waals surface area (Å²) < 4.78 is 0. The number of nitro benzene ring substituents is 1. The molecule has 0 N–H and O–H groups in total. The standard InChI is InChI=1S/C22H29N3O4/c1-3-10-23(13-15-5-6-15)19-9-7-16(12-20(19)25(28)29)24-21(26)17-8-4-14(2)11-18(17)22(24)27/h7,9,12,14-15,17-18H,3-6,8,10-11,13H2,1-2H3/t14-,17+,18-/m0/s1. The second-order valence-electron chi connectivity index (χ2n) is 8.96. The second kappa shape index (κ2) is 7.76. The lowest BCUT2D eigenvalue weighted by Gasteiger charge is -2.25. The number of rotatable bonds is 7. The topological polar surface area (TPSA) is 83.8 Å². The predicted molar refractivity (Wildman–Crippen MR) is 111 cm³/mol. The molecule has 2 aliphatic carbocycles. The average molecular weight is 399 g/mol. The van der Waals surface area contributed by atoms with E-state index in [0.29, 0.717) is 23.2 Å². The molecule has 2 saturated carbocycles. The van der Waals surface area contributed by atoms with E-state index in [9.17, 15) is 19.7 Å². The summed E-state index contributed by atoms with van der Waals surface area (Å²) in [5, 5.41) is 11.8. The van der Waals surface area contributed by atoms with Crippen LogP contribution in [0.1, 0.15) is 52.4 Å². The minimum Gasteiger partial charge on any atom is -0.366 e. The molecule has 156 valence electrons. The number of benzene rings is 1. The van der Waals surface area contributed by atoms with E-state index in [1.165, 1.54) is 23.8 Å². The first-order valence-electron chi connectivity index (χ1n) is 10.8. The minimum absolute atomic E-state index is 0.0274. The fraction of sp³-hybridized carbons (Fsp3) is 0.636. The van der Waals surface area contributed by atoms with Crippen molar-refractivity contribution in [3.05, 3.63) is 28.3 Å². The number of anilines is 2. The fourth-order valence-electron chi connectivity index (χ4n) is 4.90. The number of hydrogen-bond donors (Lipinski definition) is 0. The Morgan fingerprint density at radius 2 is 1.86 bits per heavy atom. The van der Waals surface area contributed by atoms with E-state index in [1.807, 2.05) is 0 Å². The first-order valence-corrected chi connectivity index (χ1v) is 10.8.